The van der Waals surface area contributed by atoms with Crippen LogP contribution in [-0.2, 0) is 4.74 Å². The number of phenolic OH excluding ortho intramolecular Hbond substituents is 1. The molecule has 0 spiro atoms. The summed E-state index contributed by atoms with van der Waals surface area (Å²) in [4.78, 5) is 4.29. The third-order valence-corrected chi connectivity index (χ3v) is 3.97. The van der Waals surface area contributed by atoms with Crippen LogP contribution in [0.4, 0.5) is 5.82 Å². The number of phenols is 1. The van der Waals surface area contributed by atoms with Gasteiger partial charge in [0.1, 0.15) is 17.2 Å². The molecule has 2 unspecified atom stereocenters. The normalized spacial score (nSPS) is 26.0. The van der Waals surface area contributed by atoms with Crippen molar-refractivity contribution in [3.8, 4) is 5.75 Å². The number of hydrogen-bond donors (Lipinski definition) is 3. The quantitative estimate of drug-likeness (QED) is 0.797. The Balaban J connectivity index is 1.86. The average molecular weight is 274 g/mol. The number of benzene rings is 1. The van der Waals surface area contributed by atoms with E-state index in [4.69, 9.17) is 4.74 Å². The third kappa shape index (κ3) is 2.30. The lowest BCUT2D eigenvalue weighted by Crippen LogP contribution is -2.43. The molecule has 20 heavy (non-hydrogen) atoms. The monoisotopic (exact) mass is 274 g/mol. The fourth-order valence-corrected chi connectivity index (χ4v) is 2.54. The van der Waals surface area contributed by atoms with Crippen molar-refractivity contribution in [1.82, 2.24) is 4.98 Å². The number of nitrogens with zero attached hydrogens (tertiary/aromatic N) is 1. The molecule has 5 heteroatoms. The molecular weight excluding hydrogens is 256 g/mol. The number of aromatic nitrogens is 1. The Morgan fingerprint density at radius 3 is 3.05 bits per heavy atom. The summed E-state index contributed by atoms with van der Waals surface area (Å²) in [5.74, 6) is 0.857. The zero-order chi connectivity index (χ0) is 14.2. The van der Waals surface area contributed by atoms with E-state index in [-0.39, 0.29) is 11.9 Å². The maximum absolute atomic E-state index is 10.5. The van der Waals surface area contributed by atoms with Crippen LogP contribution in [0.2, 0.25) is 0 Å². The molecule has 2 atom stereocenters. The number of rotatable bonds is 3. The van der Waals surface area contributed by atoms with E-state index < -0.39 is 5.60 Å². The van der Waals surface area contributed by atoms with Crippen LogP contribution >= 0.6 is 0 Å². The molecule has 5 nitrogen and oxygen atoms in total. The van der Waals surface area contributed by atoms with E-state index in [1.807, 2.05) is 19.1 Å². The third-order valence-electron chi connectivity index (χ3n) is 3.97. The predicted octanol–water partition coefficient (Wildman–Crippen LogP) is 1.89. The lowest BCUT2D eigenvalue weighted by atomic mass is 9.96. The van der Waals surface area contributed by atoms with Crippen LogP contribution in [-0.4, -0.2) is 40.1 Å². The Kier molecular flexibility index (Phi) is 3.23. The highest BCUT2D eigenvalue weighted by Gasteiger charge is 2.39. The van der Waals surface area contributed by atoms with E-state index in [0.717, 1.165) is 10.8 Å². The molecule has 2 aromatic rings. The van der Waals surface area contributed by atoms with E-state index in [2.05, 4.69) is 10.3 Å². The van der Waals surface area contributed by atoms with Crippen LogP contribution in [0.25, 0.3) is 10.8 Å². The Bertz CT molecular complexity index is 632. The first kappa shape index (κ1) is 13.1. The van der Waals surface area contributed by atoms with Crippen molar-refractivity contribution in [1.29, 1.82) is 0 Å². The fraction of sp³-hybridized carbons (Fsp3) is 0.400. The SMILES string of the molecule is CC1OCCC1(O)CNc1nccc2ccc(O)cc12. The summed E-state index contributed by atoms with van der Waals surface area (Å²) in [6.07, 6.45) is 2.12. The van der Waals surface area contributed by atoms with Crippen LogP contribution < -0.4 is 5.32 Å². The molecule has 3 rings (SSSR count). The van der Waals surface area contributed by atoms with E-state index in [1.165, 1.54) is 0 Å². The summed E-state index contributed by atoms with van der Waals surface area (Å²) in [5.41, 5.74) is -0.874. The second kappa shape index (κ2) is 4.92. The molecule has 2 heterocycles. The van der Waals surface area contributed by atoms with Crippen LogP contribution in [0.5, 0.6) is 5.75 Å². The number of aliphatic hydroxyl groups is 1. The summed E-state index contributed by atoms with van der Waals surface area (Å²) in [7, 11) is 0. The van der Waals surface area contributed by atoms with Crippen molar-refractivity contribution in [2.45, 2.75) is 25.0 Å². The molecule has 1 aliphatic heterocycles. The number of aromatic hydroxyl groups is 1. The second-order valence-corrected chi connectivity index (χ2v) is 5.29. The number of fused-ring (bicyclic) bond motifs is 1. The van der Waals surface area contributed by atoms with Gasteiger partial charge in [-0.1, -0.05) is 6.07 Å². The molecule has 1 saturated heterocycles. The van der Waals surface area contributed by atoms with Gasteiger partial charge in [-0.15, -0.1) is 0 Å². The molecule has 106 valence electrons. The van der Waals surface area contributed by atoms with Crippen molar-refractivity contribution in [3.63, 3.8) is 0 Å². The smallest absolute Gasteiger partial charge is 0.134 e. The maximum atomic E-state index is 10.5. The van der Waals surface area contributed by atoms with Gasteiger partial charge in [-0.3, -0.25) is 0 Å². The van der Waals surface area contributed by atoms with Crippen LogP contribution in [0, 0.1) is 0 Å². The first-order valence-electron chi connectivity index (χ1n) is 6.74. The van der Waals surface area contributed by atoms with E-state index in [1.54, 1.807) is 18.3 Å². The van der Waals surface area contributed by atoms with E-state index in [9.17, 15) is 10.2 Å². The molecule has 0 aliphatic carbocycles. The molecule has 0 saturated carbocycles. The fourth-order valence-electron chi connectivity index (χ4n) is 2.54. The Morgan fingerprint density at radius 1 is 1.45 bits per heavy atom. The molecule has 0 radical (unpaired) electrons. The minimum Gasteiger partial charge on any atom is -0.508 e. The number of hydrogen-bond acceptors (Lipinski definition) is 5. The van der Waals surface area contributed by atoms with Gasteiger partial charge in [0.25, 0.3) is 0 Å². The van der Waals surface area contributed by atoms with Gasteiger partial charge in [-0.2, -0.15) is 0 Å². The standard InChI is InChI=1S/C15H18N2O3/c1-10-15(19,5-7-20-10)9-17-14-13-8-12(18)3-2-11(13)4-6-16-14/h2-4,6,8,10,18-19H,5,7,9H2,1H3,(H,16,17). The number of pyridine rings is 1. The van der Waals surface area contributed by atoms with E-state index in [0.29, 0.717) is 25.4 Å². The Morgan fingerprint density at radius 2 is 2.30 bits per heavy atom. The minimum absolute atomic E-state index is 0.196. The van der Waals surface area contributed by atoms with Gasteiger partial charge in [0, 0.05) is 31.2 Å². The van der Waals surface area contributed by atoms with Crippen LogP contribution in [0.15, 0.2) is 30.5 Å². The van der Waals surface area contributed by atoms with E-state index >= 15 is 0 Å². The summed E-state index contributed by atoms with van der Waals surface area (Å²) < 4.78 is 5.41. The highest BCUT2D eigenvalue weighted by molar-refractivity contribution is 5.92. The van der Waals surface area contributed by atoms with Crippen molar-refractivity contribution < 1.29 is 14.9 Å². The molecule has 0 bridgehead atoms. The van der Waals surface area contributed by atoms with Gasteiger partial charge >= 0.3 is 0 Å². The summed E-state index contributed by atoms with van der Waals surface area (Å²) in [6.45, 7) is 2.82. The molecule has 1 aromatic carbocycles. The molecule has 3 N–H and O–H groups in total. The van der Waals surface area contributed by atoms with Crippen molar-refractivity contribution in [3.05, 3.63) is 30.5 Å². The van der Waals surface area contributed by atoms with Crippen LogP contribution in [0.3, 0.4) is 0 Å². The second-order valence-electron chi connectivity index (χ2n) is 5.29. The van der Waals surface area contributed by atoms with Gasteiger partial charge in [0.15, 0.2) is 0 Å². The first-order valence-corrected chi connectivity index (χ1v) is 6.74. The largest absolute Gasteiger partial charge is 0.508 e. The van der Waals surface area contributed by atoms with Gasteiger partial charge in [-0.25, -0.2) is 4.98 Å². The lowest BCUT2D eigenvalue weighted by Gasteiger charge is -2.26. The van der Waals surface area contributed by atoms with Crippen molar-refractivity contribution in [2.24, 2.45) is 0 Å². The summed E-state index contributed by atoms with van der Waals surface area (Å²) in [6, 6.07) is 7.04. The Hall–Kier alpha value is -1.85. The van der Waals surface area contributed by atoms with Crippen LogP contribution in [0.1, 0.15) is 13.3 Å². The highest BCUT2D eigenvalue weighted by Crippen LogP contribution is 2.28. The van der Waals surface area contributed by atoms with Crippen molar-refractivity contribution in [2.75, 3.05) is 18.5 Å². The lowest BCUT2D eigenvalue weighted by molar-refractivity contribution is -0.0176. The van der Waals surface area contributed by atoms with Gasteiger partial charge in [0.05, 0.1) is 6.10 Å². The zero-order valence-corrected chi connectivity index (χ0v) is 11.3. The molecule has 1 aliphatic rings. The van der Waals surface area contributed by atoms with Gasteiger partial charge < -0.3 is 20.3 Å². The molecular formula is C15H18N2O3. The van der Waals surface area contributed by atoms with Crippen molar-refractivity contribution >= 4 is 16.6 Å². The topological polar surface area (TPSA) is 74.6 Å². The zero-order valence-electron chi connectivity index (χ0n) is 11.3. The predicted molar refractivity (Wildman–Crippen MR) is 76.9 cm³/mol. The number of anilines is 1. The number of ether oxygens (including phenoxy) is 1. The molecule has 0 amide bonds. The molecule has 1 aromatic heterocycles. The Labute approximate surface area is 117 Å². The number of nitrogens with one attached hydrogen (secondary N) is 1. The molecule has 1 fully saturated rings. The summed E-state index contributed by atoms with van der Waals surface area (Å²) >= 11 is 0. The van der Waals surface area contributed by atoms with Gasteiger partial charge in [-0.05, 0) is 30.5 Å². The van der Waals surface area contributed by atoms with Gasteiger partial charge in [0.2, 0.25) is 0 Å². The highest BCUT2D eigenvalue weighted by atomic mass is 16.5. The maximum Gasteiger partial charge on any atom is 0.134 e. The minimum atomic E-state index is -0.874. The first-order chi connectivity index (χ1) is 9.58. The average Bonchev–Trinajstić information content (AvgIpc) is 2.77. The summed E-state index contributed by atoms with van der Waals surface area (Å²) in [5, 5.41) is 25.1.